The predicted molar refractivity (Wildman–Crippen MR) is 171 cm³/mol. The number of hydrogen-bond acceptors (Lipinski definition) is 9. The number of carbonyl (C=O) groups is 2. The van der Waals surface area contributed by atoms with Gasteiger partial charge in [-0.2, -0.15) is 4.98 Å². The monoisotopic (exact) mass is 612 g/mol. The molecule has 226 valence electrons. The minimum atomic E-state index is -3.48. The summed E-state index contributed by atoms with van der Waals surface area (Å²) in [6.07, 6.45) is 5.82. The van der Waals surface area contributed by atoms with Gasteiger partial charge in [-0.15, -0.1) is 0 Å². The predicted octanol–water partition coefficient (Wildman–Crippen LogP) is 3.95. The molecule has 0 unspecified atom stereocenters. The zero-order valence-corrected chi connectivity index (χ0v) is 25.4. The second-order valence-electron chi connectivity index (χ2n) is 10.3. The molecule has 1 aliphatic heterocycles. The molecule has 1 aliphatic rings. The highest BCUT2D eigenvalue weighted by atomic mass is 32.2. The Balaban J connectivity index is 1.31. The standard InChI is InChI=1S/C31H32N8O4S/c1-5-27(40)33-18-21-8-6-10-25(14-21)39-26-12-11-24(15-23(26)16-28(39)41)36-31-35-17-20(2)29(37-31)34-19-22-9-7-13-32-30(22)38(3)44(4,42)43/h5-15,17H,1,16,18-19H2,2-4H3,(H,33,40)(H2,34,35,36,37). The van der Waals surface area contributed by atoms with Crippen molar-refractivity contribution in [3.05, 3.63) is 102 Å². The highest BCUT2D eigenvalue weighted by Gasteiger charge is 2.29. The SMILES string of the molecule is C=CC(=O)NCc1cccc(N2C(=O)Cc3cc(Nc4ncc(C)c(NCc5cccnc5N(C)S(C)(=O)=O)n4)ccc32)c1. The number of amides is 2. The number of carbonyl (C=O) groups excluding carboxylic acids is 2. The molecule has 0 bridgehead atoms. The van der Waals surface area contributed by atoms with Crippen LogP contribution in [0.4, 0.5) is 34.6 Å². The van der Waals surface area contributed by atoms with Gasteiger partial charge in [0.2, 0.25) is 27.8 Å². The van der Waals surface area contributed by atoms with E-state index in [1.807, 2.05) is 49.4 Å². The van der Waals surface area contributed by atoms with Crippen molar-refractivity contribution < 1.29 is 18.0 Å². The summed E-state index contributed by atoms with van der Waals surface area (Å²) < 4.78 is 25.3. The highest BCUT2D eigenvalue weighted by molar-refractivity contribution is 7.92. The van der Waals surface area contributed by atoms with Crippen molar-refractivity contribution in [1.82, 2.24) is 20.3 Å². The maximum atomic E-state index is 13.1. The fraction of sp³-hybridized carbons (Fsp3) is 0.194. The number of nitrogens with one attached hydrogen (secondary N) is 3. The summed E-state index contributed by atoms with van der Waals surface area (Å²) in [6, 6.07) is 16.7. The van der Waals surface area contributed by atoms with E-state index in [1.165, 1.54) is 13.1 Å². The second-order valence-corrected chi connectivity index (χ2v) is 12.3. The van der Waals surface area contributed by atoms with Crippen molar-refractivity contribution in [2.75, 3.05) is 33.1 Å². The zero-order valence-electron chi connectivity index (χ0n) is 24.5. The van der Waals surface area contributed by atoms with Crippen LogP contribution < -0.4 is 25.2 Å². The zero-order chi connectivity index (χ0) is 31.4. The van der Waals surface area contributed by atoms with E-state index in [9.17, 15) is 18.0 Å². The smallest absolute Gasteiger partial charge is 0.243 e. The summed E-state index contributed by atoms with van der Waals surface area (Å²) in [5.41, 5.74) is 5.43. The fourth-order valence-corrected chi connectivity index (χ4v) is 5.23. The summed E-state index contributed by atoms with van der Waals surface area (Å²) in [4.78, 5) is 39.6. The molecule has 0 atom stereocenters. The lowest BCUT2D eigenvalue weighted by atomic mass is 10.1. The van der Waals surface area contributed by atoms with Gasteiger partial charge in [-0.1, -0.05) is 24.8 Å². The number of sulfonamides is 1. The van der Waals surface area contributed by atoms with Crippen LogP contribution in [0.5, 0.6) is 0 Å². The number of aryl methyl sites for hydroxylation is 1. The van der Waals surface area contributed by atoms with Crippen LogP contribution in [-0.4, -0.2) is 48.5 Å². The molecule has 12 nitrogen and oxygen atoms in total. The summed E-state index contributed by atoms with van der Waals surface area (Å²) in [7, 11) is -2.02. The number of pyridine rings is 1. The van der Waals surface area contributed by atoms with Crippen LogP contribution in [0.15, 0.2) is 79.6 Å². The number of benzene rings is 2. The Morgan fingerprint density at radius 1 is 1.11 bits per heavy atom. The van der Waals surface area contributed by atoms with Crippen LogP contribution >= 0.6 is 0 Å². The van der Waals surface area contributed by atoms with E-state index < -0.39 is 10.0 Å². The van der Waals surface area contributed by atoms with E-state index >= 15 is 0 Å². The van der Waals surface area contributed by atoms with E-state index in [1.54, 1.807) is 29.4 Å². The van der Waals surface area contributed by atoms with Crippen LogP contribution in [0.2, 0.25) is 0 Å². The van der Waals surface area contributed by atoms with Crippen LogP contribution in [0.1, 0.15) is 22.3 Å². The molecular formula is C31H32N8O4S. The Morgan fingerprint density at radius 3 is 2.70 bits per heavy atom. The van der Waals surface area contributed by atoms with Gasteiger partial charge in [0.25, 0.3) is 0 Å². The molecule has 0 spiro atoms. The minimum Gasteiger partial charge on any atom is -0.365 e. The first-order valence-electron chi connectivity index (χ1n) is 13.7. The summed E-state index contributed by atoms with van der Waals surface area (Å²) in [5, 5.41) is 9.24. The lowest BCUT2D eigenvalue weighted by Crippen LogP contribution is -2.27. The summed E-state index contributed by atoms with van der Waals surface area (Å²) in [5.74, 6) is 0.942. The molecule has 2 aromatic heterocycles. The van der Waals surface area contributed by atoms with Crippen molar-refractivity contribution in [3.8, 4) is 0 Å². The Morgan fingerprint density at radius 2 is 1.93 bits per heavy atom. The minimum absolute atomic E-state index is 0.0567. The molecule has 3 N–H and O–H groups in total. The first kappa shape index (κ1) is 30.2. The van der Waals surface area contributed by atoms with E-state index in [0.717, 1.165) is 44.3 Å². The number of anilines is 6. The molecule has 5 rings (SSSR count). The molecule has 0 saturated carbocycles. The molecule has 13 heteroatoms. The van der Waals surface area contributed by atoms with Gasteiger partial charge in [0.05, 0.1) is 18.4 Å². The average molecular weight is 613 g/mol. The second kappa shape index (κ2) is 12.5. The van der Waals surface area contributed by atoms with E-state index in [2.05, 4.69) is 37.5 Å². The van der Waals surface area contributed by atoms with Gasteiger partial charge in [-0.3, -0.25) is 18.8 Å². The van der Waals surface area contributed by atoms with Gasteiger partial charge in [0.15, 0.2) is 0 Å². The summed E-state index contributed by atoms with van der Waals surface area (Å²) in [6.45, 7) is 5.95. The van der Waals surface area contributed by atoms with E-state index in [0.29, 0.717) is 36.2 Å². The molecule has 0 aliphatic carbocycles. The van der Waals surface area contributed by atoms with E-state index in [4.69, 9.17) is 0 Å². The third kappa shape index (κ3) is 6.68. The van der Waals surface area contributed by atoms with Crippen molar-refractivity contribution >= 4 is 56.5 Å². The van der Waals surface area contributed by atoms with E-state index in [-0.39, 0.29) is 18.2 Å². The van der Waals surface area contributed by atoms with Gasteiger partial charge in [-0.05, 0) is 60.5 Å². The van der Waals surface area contributed by atoms with Crippen molar-refractivity contribution in [2.45, 2.75) is 26.4 Å². The molecule has 0 saturated heterocycles. The molecule has 4 aromatic rings. The van der Waals surface area contributed by atoms with Gasteiger partial charge >= 0.3 is 0 Å². The first-order valence-corrected chi connectivity index (χ1v) is 15.6. The molecule has 0 radical (unpaired) electrons. The van der Waals surface area contributed by atoms with Gasteiger partial charge in [0.1, 0.15) is 11.6 Å². The molecule has 2 aromatic carbocycles. The van der Waals surface area contributed by atoms with Gasteiger partial charge < -0.3 is 16.0 Å². The maximum Gasteiger partial charge on any atom is 0.243 e. The lowest BCUT2D eigenvalue weighted by Gasteiger charge is -2.19. The maximum absolute atomic E-state index is 13.1. The fourth-order valence-electron chi connectivity index (χ4n) is 4.75. The normalized spacial score (nSPS) is 12.4. The molecule has 44 heavy (non-hydrogen) atoms. The largest absolute Gasteiger partial charge is 0.365 e. The molecule has 3 heterocycles. The number of hydrogen-bond donors (Lipinski definition) is 3. The third-order valence-corrected chi connectivity index (χ3v) is 8.24. The van der Waals surface area contributed by atoms with Crippen LogP contribution in [0.3, 0.4) is 0 Å². The van der Waals surface area contributed by atoms with Crippen molar-refractivity contribution in [2.24, 2.45) is 0 Å². The Labute approximate surface area is 255 Å². The topological polar surface area (TPSA) is 150 Å². The third-order valence-electron chi connectivity index (χ3n) is 7.07. The van der Waals surface area contributed by atoms with Crippen molar-refractivity contribution in [1.29, 1.82) is 0 Å². The Kier molecular flexibility index (Phi) is 8.58. The molecule has 0 fully saturated rings. The average Bonchev–Trinajstić information content (AvgIpc) is 3.34. The Bertz CT molecular complexity index is 1860. The first-order chi connectivity index (χ1) is 21.0. The quantitative estimate of drug-likeness (QED) is 0.214. The molecular weight excluding hydrogens is 580 g/mol. The van der Waals surface area contributed by atoms with Crippen LogP contribution in [-0.2, 0) is 39.1 Å². The van der Waals surface area contributed by atoms with Crippen LogP contribution in [0, 0.1) is 6.92 Å². The van der Waals surface area contributed by atoms with Gasteiger partial charge in [0, 0.05) is 55.0 Å². The molecule has 2 amide bonds. The van der Waals surface area contributed by atoms with Gasteiger partial charge in [-0.25, -0.2) is 18.4 Å². The Hall–Kier alpha value is -5.30. The lowest BCUT2D eigenvalue weighted by molar-refractivity contribution is -0.117. The number of nitrogens with zero attached hydrogens (tertiary/aromatic N) is 5. The van der Waals surface area contributed by atoms with Crippen molar-refractivity contribution in [3.63, 3.8) is 0 Å². The highest BCUT2D eigenvalue weighted by Crippen LogP contribution is 2.37. The van der Waals surface area contributed by atoms with Crippen LogP contribution in [0.25, 0.3) is 0 Å². The summed E-state index contributed by atoms with van der Waals surface area (Å²) >= 11 is 0. The number of fused-ring (bicyclic) bond motifs is 1. The number of rotatable bonds is 11. The number of aromatic nitrogens is 3.